The summed E-state index contributed by atoms with van der Waals surface area (Å²) in [5.74, 6) is 0.155. The monoisotopic (exact) mass is 370 g/mol. The number of amides is 1. The molecule has 0 spiro atoms. The van der Waals surface area contributed by atoms with Gasteiger partial charge in [-0.1, -0.05) is 17.7 Å². The number of rotatable bonds is 5. The van der Waals surface area contributed by atoms with Gasteiger partial charge >= 0.3 is 0 Å². The first kappa shape index (κ1) is 17.2. The van der Waals surface area contributed by atoms with Crippen LogP contribution in [0, 0.1) is 10.1 Å². The minimum atomic E-state index is -0.581. The van der Waals surface area contributed by atoms with Gasteiger partial charge in [0, 0.05) is 12.1 Å². The lowest BCUT2D eigenvalue weighted by molar-refractivity contribution is -0.384. The first-order chi connectivity index (χ1) is 12.5. The zero-order valence-electron chi connectivity index (χ0n) is 13.1. The van der Waals surface area contributed by atoms with Gasteiger partial charge in [0.15, 0.2) is 5.82 Å². The molecule has 10 heteroatoms. The van der Waals surface area contributed by atoms with Crippen LogP contribution < -0.4 is 5.32 Å². The van der Waals surface area contributed by atoms with E-state index in [-0.39, 0.29) is 10.7 Å². The van der Waals surface area contributed by atoms with Crippen LogP contribution in [-0.4, -0.2) is 30.6 Å². The van der Waals surface area contributed by atoms with Gasteiger partial charge in [-0.15, -0.1) is 0 Å². The second-order valence-electron chi connectivity index (χ2n) is 5.04. The molecule has 2 aromatic heterocycles. The number of nitrogens with zero attached hydrogens (tertiary/aromatic N) is 5. The molecule has 1 amide bonds. The summed E-state index contributed by atoms with van der Waals surface area (Å²) < 4.78 is 1.49. The van der Waals surface area contributed by atoms with Gasteiger partial charge in [-0.2, -0.15) is 5.10 Å². The van der Waals surface area contributed by atoms with Crippen molar-refractivity contribution in [3.8, 4) is 5.82 Å². The maximum atomic E-state index is 12.0. The van der Waals surface area contributed by atoms with Crippen LogP contribution in [-0.2, 0) is 4.79 Å². The lowest BCUT2D eigenvalue weighted by Crippen LogP contribution is -2.08. The molecule has 0 radical (unpaired) electrons. The number of carbonyl (C=O) groups excluding carboxylic acids is 1. The van der Waals surface area contributed by atoms with E-state index in [1.165, 1.54) is 47.8 Å². The Morgan fingerprint density at radius 3 is 2.81 bits per heavy atom. The molecule has 0 saturated carbocycles. The summed E-state index contributed by atoms with van der Waals surface area (Å²) in [4.78, 5) is 30.3. The normalized spacial score (nSPS) is 10.8. The van der Waals surface area contributed by atoms with Crippen molar-refractivity contribution in [3.63, 3.8) is 0 Å². The molecule has 3 aromatic rings. The molecule has 2 heterocycles. The molecule has 3 rings (SSSR count). The molecule has 0 aliphatic rings. The molecule has 1 N–H and O–H groups in total. The quantitative estimate of drug-likeness (QED) is 0.419. The van der Waals surface area contributed by atoms with Crippen molar-refractivity contribution >= 4 is 35.0 Å². The van der Waals surface area contributed by atoms with E-state index in [0.717, 1.165) is 0 Å². The Balaban J connectivity index is 1.66. The smallest absolute Gasteiger partial charge is 0.288 e. The molecule has 0 bridgehead atoms. The van der Waals surface area contributed by atoms with Crippen molar-refractivity contribution in [2.75, 3.05) is 5.32 Å². The lowest BCUT2D eigenvalue weighted by atomic mass is 10.2. The Morgan fingerprint density at radius 2 is 2.15 bits per heavy atom. The Bertz CT molecular complexity index is 970. The Kier molecular flexibility index (Phi) is 4.99. The summed E-state index contributed by atoms with van der Waals surface area (Å²) in [5, 5.41) is 17.5. The Morgan fingerprint density at radius 1 is 1.31 bits per heavy atom. The third kappa shape index (κ3) is 4.08. The average molecular weight is 371 g/mol. The SMILES string of the molecule is O=C(/C=C/c1ccc(Cl)c([N+](=O)[O-])c1)Nc1ccc(-n2cncn2)nc1. The topological polar surface area (TPSA) is 116 Å². The fourth-order valence-corrected chi connectivity index (χ4v) is 2.24. The number of nitro benzene ring substituents is 1. The van der Waals surface area contributed by atoms with Gasteiger partial charge < -0.3 is 5.32 Å². The average Bonchev–Trinajstić information content (AvgIpc) is 3.16. The van der Waals surface area contributed by atoms with Crippen LogP contribution in [0.2, 0.25) is 5.02 Å². The van der Waals surface area contributed by atoms with Gasteiger partial charge in [0.05, 0.1) is 16.8 Å². The van der Waals surface area contributed by atoms with Gasteiger partial charge in [0.2, 0.25) is 5.91 Å². The van der Waals surface area contributed by atoms with Crippen molar-refractivity contribution in [3.05, 3.63) is 76.0 Å². The fraction of sp³-hybridized carbons (Fsp3) is 0. The maximum absolute atomic E-state index is 12.0. The van der Waals surface area contributed by atoms with E-state index in [1.54, 1.807) is 18.2 Å². The van der Waals surface area contributed by atoms with Crippen LogP contribution in [0.4, 0.5) is 11.4 Å². The molecule has 9 nitrogen and oxygen atoms in total. The molecule has 0 saturated heterocycles. The maximum Gasteiger partial charge on any atom is 0.288 e. The van der Waals surface area contributed by atoms with Gasteiger partial charge in [0.1, 0.15) is 17.7 Å². The molecule has 0 aliphatic heterocycles. The van der Waals surface area contributed by atoms with Crippen LogP contribution in [0.25, 0.3) is 11.9 Å². The standard InChI is InChI=1S/C16H11ClN6O3/c17-13-4-1-11(7-14(13)23(25)26)2-6-16(24)21-12-3-5-15(19-8-12)22-10-18-9-20-22/h1-10H,(H,21,24)/b6-2+. The van der Waals surface area contributed by atoms with Crippen molar-refractivity contribution < 1.29 is 9.72 Å². The van der Waals surface area contributed by atoms with Crippen LogP contribution in [0.3, 0.4) is 0 Å². The largest absolute Gasteiger partial charge is 0.321 e. The number of nitrogens with one attached hydrogen (secondary N) is 1. The highest BCUT2D eigenvalue weighted by Crippen LogP contribution is 2.25. The number of hydrogen-bond acceptors (Lipinski definition) is 6. The summed E-state index contributed by atoms with van der Waals surface area (Å²) in [6, 6.07) is 7.62. The lowest BCUT2D eigenvalue weighted by Gasteiger charge is -2.03. The molecule has 130 valence electrons. The van der Waals surface area contributed by atoms with E-state index in [0.29, 0.717) is 17.1 Å². The molecule has 0 aliphatic carbocycles. The Hall–Kier alpha value is -3.59. The number of anilines is 1. The summed E-state index contributed by atoms with van der Waals surface area (Å²) in [5.41, 5.74) is 0.753. The van der Waals surface area contributed by atoms with Crippen LogP contribution in [0.1, 0.15) is 5.56 Å². The van der Waals surface area contributed by atoms with E-state index >= 15 is 0 Å². The van der Waals surface area contributed by atoms with E-state index in [1.807, 2.05) is 0 Å². The number of benzene rings is 1. The molecule has 1 aromatic carbocycles. The molecular formula is C16H11ClN6O3. The third-order valence-electron chi connectivity index (χ3n) is 3.26. The van der Waals surface area contributed by atoms with E-state index in [2.05, 4.69) is 20.4 Å². The summed E-state index contributed by atoms with van der Waals surface area (Å²) in [6.07, 6.45) is 7.10. The summed E-state index contributed by atoms with van der Waals surface area (Å²) >= 11 is 5.75. The van der Waals surface area contributed by atoms with E-state index in [9.17, 15) is 14.9 Å². The zero-order valence-corrected chi connectivity index (χ0v) is 13.9. The van der Waals surface area contributed by atoms with Crippen LogP contribution in [0.15, 0.2) is 55.3 Å². The second-order valence-corrected chi connectivity index (χ2v) is 5.44. The highest BCUT2D eigenvalue weighted by atomic mass is 35.5. The third-order valence-corrected chi connectivity index (χ3v) is 3.58. The molecule has 0 atom stereocenters. The zero-order chi connectivity index (χ0) is 18.5. The number of aromatic nitrogens is 4. The Labute approximate surface area is 152 Å². The summed E-state index contributed by atoms with van der Waals surface area (Å²) in [6.45, 7) is 0. The van der Waals surface area contributed by atoms with Gasteiger partial charge in [-0.05, 0) is 29.8 Å². The van der Waals surface area contributed by atoms with Crippen molar-refractivity contribution in [2.45, 2.75) is 0 Å². The minimum absolute atomic E-state index is 0.0372. The second kappa shape index (κ2) is 7.53. The molecule has 26 heavy (non-hydrogen) atoms. The van der Waals surface area contributed by atoms with Crippen molar-refractivity contribution in [1.82, 2.24) is 19.7 Å². The highest BCUT2D eigenvalue weighted by molar-refractivity contribution is 6.32. The molecule has 0 unspecified atom stereocenters. The molecular weight excluding hydrogens is 360 g/mol. The van der Waals surface area contributed by atoms with E-state index in [4.69, 9.17) is 11.6 Å². The van der Waals surface area contributed by atoms with Crippen LogP contribution >= 0.6 is 11.6 Å². The predicted molar refractivity (Wildman–Crippen MR) is 94.9 cm³/mol. The fourth-order valence-electron chi connectivity index (χ4n) is 2.05. The first-order valence-electron chi connectivity index (χ1n) is 7.27. The number of nitro groups is 1. The first-order valence-corrected chi connectivity index (χ1v) is 7.65. The number of halogens is 1. The molecule has 0 fully saturated rings. The van der Waals surface area contributed by atoms with Crippen molar-refractivity contribution in [1.29, 1.82) is 0 Å². The number of pyridine rings is 1. The van der Waals surface area contributed by atoms with Crippen LogP contribution in [0.5, 0.6) is 0 Å². The number of carbonyl (C=O) groups is 1. The van der Waals surface area contributed by atoms with Gasteiger partial charge in [0.25, 0.3) is 5.69 Å². The minimum Gasteiger partial charge on any atom is -0.321 e. The van der Waals surface area contributed by atoms with Gasteiger partial charge in [-0.3, -0.25) is 14.9 Å². The highest BCUT2D eigenvalue weighted by Gasteiger charge is 2.11. The predicted octanol–water partition coefficient (Wildman–Crippen LogP) is 2.88. The van der Waals surface area contributed by atoms with Gasteiger partial charge in [-0.25, -0.2) is 14.6 Å². The number of hydrogen-bond donors (Lipinski definition) is 1. The van der Waals surface area contributed by atoms with Crippen molar-refractivity contribution in [2.24, 2.45) is 0 Å². The van der Waals surface area contributed by atoms with E-state index < -0.39 is 10.8 Å². The summed E-state index contributed by atoms with van der Waals surface area (Å²) in [7, 11) is 0.